The third-order valence-electron chi connectivity index (χ3n) is 4.52. The topological polar surface area (TPSA) is 189 Å². The highest BCUT2D eigenvalue weighted by Gasteiger charge is 2.38. The molecule has 3 aromatic rings. The summed E-state index contributed by atoms with van der Waals surface area (Å²) in [5, 5.41) is 11.8. The van der Waals surface area contributed by atoms with Crippen LogP contribution in [0.1, 0.15) is 10.4 Å². The first-order valence-corrected chi connectivity index (χ1v) is 12.2. The minimum absolute atomic E-state index is 0.0112. The zero-order valence-electron chi connectivity index (χ0n) is 20.5. The molecular formula is C23H20F5N5O7S. The number of urea groups is 1. The Labute approximate surface area is 228 Å². The highest BCUT2D eigenvalue weighted by molar-refractivity contribution is 7.91. The predicted molar refractivity (Wildman–Crippen MR) is 137 cm³/mol. The van der Waals surface area contributed by atoms with E-state index in [1.165, 1.54) is 43.5 Å². The van der Waals surface area contributed by atoms with Crippen molar-refractivity contribution < 1.29 is 54.6 Å². The van der Waals surface area contributed by atoms with Gasteiger partial charge in [-0.25, -0.2) is 23.1 Å². The van der Waals surface area contributed by atoms with E-state index in [9.17, 15) is 40.0 Å². The molecule has 0 saturated carbocycles. The molecule has 3 amide bonds. The molecule has 41 heavy (non-hydrogen) atoms. The predicted octanol–water partition coefficient (Wildman–Crippen LogP) is 3.92. The molecule has 0 aliphatic rings. The molecule has 7 N–H and O–H groups in total. The van der Waals surface area contributed by atoms with Crippen molar-refractivity contribution in [1.82, 2.24) is 4.72 Å². The minimum atomic E-state index is -5.08. The number of nitrogens with two attached hydrogens (primary N) is 1. The standard InChI is InChI=1S/C21H19F2N5O5S.C2HF3O2/c1-33-19-9-2-12(20(29)25-15-7-8-16(22)17(23)11-15)10-18(19)27-34(31,32)28-21(30)26-14-5-3-13(24)4-6-14;3-2(4,5)1(6)7/h2-11,27H,24H2,1H3,(H,25,29)(H2,26,28,30);(H,6,7). The summed E-state index contributed by atoms with van der Waals surface area (Å²) < 4.78 is 92.0. The zero-order chi connectivity index (χ0) is 31.0. The van der Waals surface area contributed by atoms with Gasteiger partial charge in [0.2, 0.25) is 0 Å². The Hall–Kier alpha value is -5.13. The molecule has 0 aliphatic carbocycles. The van der Waals surface area contributed by atoms with Crippen LogP contribution in [-0.2, 0) is 15.0 Å². The third-order valence-corrected chi connectivity index (χ3v) is 5.46. The van der Waals surface area contributed by atoms with Gasteiger partial charge in [0.05, 0.1) is 12.8 Å². The number of hydrogen-bond donors (Lipinski definition) is 6. The first kappa shape index (κ1) is 32.1. The number of anilines is 4. The van der Waals surface area contributed by atoms with Crippen LogP contribution in [0.15, 0.2) is 60.7 Å². The lowest BCUT2D eigenvalue weighted by molar-refractivity contribution is -0.192. The molecule has 0 bridgehead atoms. The van der Waals surface area contributed by atoms with E-state index >= 15 is 0 Å². The summed E-state index contributed by atoms with van der Waals surface area (Å²) in [6.45, 7) is 0. The Morgan fingerprint density at radius 2 is 1.46 bits per heavy atom. The maximum absolute atomic E-state index is 13.4. The van der Waals surface area contributed by atoms with Gasteiger partial charge in [-0.3, -0.25) is 9.52 Å². The second-order valence-corrected chi connectivity index (χ2v) is 9.00. The Morgan fingerprint density at radius 3 is 2.00 bits per heavy atom. The Kier molecular flexibility index (Phi) is 10.4. The first-order chi connectivity index (χ1) is 19.0. The minimum Gasteiger partial charge on any atom is -0.495 e. The van der Waals surface area contributed by atoms with Crippen molar-refractivity contribution in [3.05, 3.63) is 77.9 Å². The van der Waals surface area contributed by atoms with Crippen molar-refractivity contribution >= 4 is 50.9 Å². The summed E-state index contributed by atoms with van der Waals surface area (Å²) >= 11 is 0. The van der Waals surface area contributed by atoms with Crippen molar-refractivity contribution in [2.24, 2.45) is 0 Å². The number of carbonyl (C=O) groups is 3. The number of halogens is 5. The normalized spacial score (nSPS) is 10.9. The second kappa shape index (κ2) is 13.3. The summed E-state index contributed by atoms with van der Waals surface area (Å²) in [5.74, 6) is -5.67. The summed E-state index contributed by atoms with van der Waals surface area (Å²) in [4.78, 5) is 33.5. The molecular weight excluding hydrogens is 585 g/mol. The fraction of sp³-hybridized carbons (Fsp3) is 0.0870. The van der Waals surface area contributed by atoms with E-state index in [4.69, 9.17) is 20.4 Å². The van der Waals surface area contributed by atoms with Gasteiger partial charge in [-0.15, -0.1) is 0 Å². The van der Waals surface area contributed by atoms with E-state index in [0.717, 1.165) is 24.3 Å². The summed E-state index contributed by atoms with van der Waals surface area (Å²) in [7, 11) is -3.17. The number of nitrogens with one attached hydrogen (secondary N) is 4. The van der Waals surface area contributed by atoms with Crippen LogP contribution < -0.4 is 30.5 Å². The second-order valence-electron chi connectivity index (χ2n) is 7.58. The highest BCUT2D eigenvalue weighted by atomic mass is 32.2. The molecule has 0 fully saturated rings. The maximum atomic E-state index is 13.4. The molecule has 0 atom stereocenters. The summed E-state index contributed by atoms with van der Waals surface area (Å²) in [6, 6.07) is 11.5. The van der Waals surface area contributed by atoms with E-state index in [-0.39, 0.29) is 22.7 Å². The molecule has 0 radical (unpaired) electrons. The van der Waals surface area contributed by atoms with Crippen LogP contribution in [0.2, 0.25) is 0 Å². The Morgan fingerprint density at radius 1 is 0.878 bits per heavy atom. The van der Waals surface area contributed by atoms with E-state index in [2.05, 4.69) is 15.4 Å². The van der Waals surface area contributed by atoms with Crippen LogP contribution in [0, 0.1) is 11.6 Å². The number of nitrogen functional groups attached to an aromatic ring is 1. The Bertz CT molecular complexity index is 1530. The summed E-state index contributed by atoms with van der Waals surface area (Å²) in [6.07, 6.45) is -5.08. The van der Waals surface area contributed by atoms with Crippen LogP contribution in [0.3, 0.4) is 0 Å². The number of ether oxygens (including phenoxy) is 1. The number of rotatable bonds is 7. The number of benzene rings is 3. The van der Waals surface area contributed by atoms with Crippen LogP contribution in [0.4, 0.5) is 49.5 Å². The van der Waals surface area contributed by atoms with Gasteiger partial charge in [-0.2, -0.15) is 21.6 Å². The number of carbonyl (C=O) groups excluding carboxylic acids is 2. The number of methoxy groups -OCH3 is 1. The number of amides is 3. The van der Waals surface area contributed by atoms with Crippen molar-refractivity contribution in [2.75, 3.05) is 28.2 Å². The van der Waals surface area contributed by atoms with Crippen LogP contribution in [0.5, 0.6) is 5.75 Å². The van der Waals surface area contributed by atoms with Gasteiger partial charge in [-0.1, -0.05) is 0 Å². The van der Waals surface area contributed by atoms with Crippen molar-refractivity contribution in [3.63, 3.8) is 0 Å². The lowest BCUT2D eigenvalue weighted by Crippen LogP contribution is -2.38. The van der Waals surface area contributed by atoms with Gasteiger partial charge in [0.1, 0.15) is 5.75 Å². The van der Waals surface area contributed by atoms with Crippen LogP contribution in [-0.4, -0.2) is 44.7 Å². The Balaban J connectivity index is 0.000000745. The fourth-order valence-corrected chi connectivity index (χ4v) is 3.52. The van der Waals surface area contributed by atoms with Crippen LogP contribution in [0.25, 0.3) is 0 Å². The molecule has 0 unspecified atom stereocenters. The fourth-order valence-electron chi connectivity index (χ4n) is 2.72. The van der Waals surface area contributed by atoms with Gasteiger partial charge < -0.3 is 26.2 Å². The molecule has 12 nitrogen and oxygen atoms in total. The number of aliphatic carboxylic acids is 1. The molecule has 0 aliphatic heterocycles. The SMILES string of the molecule is COc1ccc(C(=O)Nc2ccc(F)c(F)c2)cc1NS(=O)(=O)NC(=O)Nc1ccc(N)cc1.O=C(O)C(F)(F)F. The molecule has 220 valence electrons. The van der Waals surface area contributed by atoms with E-state index in [0.29, 0.717) is 11.4 Å². The molecule has 0 heterocycles. The number of carboxylic acid groups (broad SMARTS) is 1. The van der Waals surface area contributed by atoms with E-state index < -0.39 is 45.9 Å². The van der Waals surface area contributed by atoms with Gasteiger partial charge in [0.25, 0.3) is 5.91 Å². The van der Waals surface area contributed by atoms with Gasteiger partial charge >= 0.3 is 28.4 Å². The molecule has 0 saturated heterocycles. The van der Waals surface area contributed by atoms with Crippen molar-refractivity contribution in [3.8, 4) is 5.75 Å². The monoisotopic (exact) mass is 605 g/mol. The maximum Gasteiger partial charge on any atom is 0.490 e. The van der Waals surface area contributed by atoms with Gasteiger partial charge in [-0.05, 0) is 54.6 Å². The average Bonchev–Trinajstić information content (AvgIpc) is 2.86. The van der Waals surface area contributed by atoms with Crippen molar-refractivity contribution in [2.45, 2.75) is 6.18 Å². The number of alkyl halides is 3. The number of hydrogen-bond acceptors (Lipinski definition) is 7. The molecule has 3 aromatic carbocycles. The lowest BCUT2D eigenvalue weighted by Gasteiger charge is -2.14. The quantitative estimate of drug-likeness (QED) is 0.173. The molecule has 0 spiro atoms. The number of carboxylic acids is 1. The first-order valence-electron chi connectivity index (χ1n) is 10.7. The lowest BCUT2D eigenvalue weighted by atomic mass is 10.1. The summed E-state index contributed by atoms with van der Waals surface area (Å²) in [5.41, 5.74) is 6.11. The largest absolute Gasteiger partial charge is 0.495 e. The van der Waals surface area contributed by atoms with E-state index in [1.54, 1.807) is 4.72 Å². The zero-order valence-corrected chi connectivity index (χ0v) is 21.4. The van der Waals surface area contributed by atoms with E-state index in [1.807, 2.05) is 0 Å². The van der Waals surface area contributed by atoms with Gasteiger partial charge in [0.15, 0.2) is 11.6 Å². The van der Waals surface area contributed by atoms with Crippen molar-refractivity contribution in [1.29, 1.82) is 0 Å². The smallest absolute Gasteiger partial charge is 0.490 e. The molecule has 3 rings (SSSR count). The highest BCUT2D eigenvalue weighted by Crippen LogP contribution is 2.27. The molecule has 0 aromatic heterocycles. The van der Waals surface area contributed by atoms with Gasteiger partial charge in [0, 0.05) is 28.7 Å². The average molecular weight is 605 g/mol. The third kappa shape index (κ3) is 10.2. The van der Waals surface area contributed by atoms with Crippen LogP contribution >= 0.6 is 0 Å². The molecule has 18 heteroatoms.